The number of hydrogen-bond donors (Lipinski definition) is 2. The molecule has 0 bridgehead atoms. The van der Waals surface area contributed by atoms with Crippen molar-refractivity contribution in [1.29, 1.82) is 0 Å². The van der Waals surface area contributed by atoms with Crippen molar-refractivity contribution in [1.82, 2.24) is 10.0 Å². The Morgan fingerprint density at radius 1 is 1.08 bits per heavy atom. The summed E-state index contributed by atoms with van der Waals surface area (Å²) in [6.45, 7) is 6.16. The highest BCUT2D eigenvalue weighted by atomic mass is 35.5. The van der Waals surface area contributed by atoms with Gasteiger partial charge in [-0.25, -0.2) is 13.1 Å². The third kappa shape index (κ3) is 4.16. The molecule has 0 radical (unpaired) electrons. The lowest BCUT2D eigenvalue weighted by atomic mass is 10.0. The molecule has 4 nitrogen and oxygen atoms in total. The zero-order valence-corrected chi connectivity index (χ0v) is 15.5. The van der Waals surface area contributed by atoms with E-state index in [0.717, 1.165) is 24.2 Å². The van der Waals surface area contributed by atoms with Crippen molar-refractivity contribution >= 4 is 22.4 Å². The van der Waals surface area contributed by atoms with Crippen molar-refractivity contribution in [2.75, 3.05) is 0 Å². The van der Waals surface area contributed by atoms with Gasteiger partial charge in [-0.2, -0.15) is 0 Å². The van der Waals surface area contributed by atoms with E-state index in [0.29, 0.717) is 17.4 Å². The monoisotopic (exact) mass is 366 g/mol. The van der Waals surface area contributed by atoms with Crippen LogP contribution in [-0.4, -0.2) is 8.42 Å². The first-order valence-corrected chi connectivity index (χ1v) is 9.35. The van der Waals surface area contributed by atoms with E-state index in [1.807, 2.05) is 12.1 Å². The normalized spacial score (nSPS) is 13.6. The molecule has 0 spiro atoms. The molecule has 0 aliphatic carbocycles. The number of benzene rings is 2. The fourth-order valence-electron chi connectivity index (χ4n) is 2.76. The summed E-state index contributed by atoms with van der Waals surface area (Å²) < 4.78 is 27.7. The Kier molecular flexibility index (Phi) is 6.04. The predicted molar refractivity (Wildman–Crippen MR) is 98.8 cm³/mol. The van der Waals surface area contributed by atoms with Crippen LogP contribution in [0.25, 0.3) is 0 Å². The van der Waals surface area contributed by atoms with Crippen LogP contribution in [0.15, 0.2) is 47.4 Å². The van der Waals surface area contributed by atoms with Gasteiger partial charge >= 0.3 is 0 Å². The number of halogens is 1. The SMILES string of the molecule is CC(C)c1cccc(S(=O)(=O)NCc2ccc3c(c2)CNC3)c1.Cl. The Hall–Kier alpha value is -1.40. The van der Waals surface area contributed by atoms with Crippen LogP contribution in [0.4, 0.5) is 0 Å². The van der Waals surface area contributed by atoms with E-state index in [9.17, 15) is 8.42 Å². The summed E-state index contributed by atoms with van der Waals surface area (Å²) in [6.07, 6.45) is 0. The molecule has 0 saturated carbocycles. The van der Waals surface area contributed by atoms with E-state index in [2.05, 4.69) is 36.0 Å². The van der Waals surface area contributed by atoms with Gasteiger partial charge in [0.2, 0.25) is 10.0 Å². The number of fused-ring (bicyclic) bond motifs is 1. The minimum Gasteiger partial charge on any atom is -0.309 e. The lowest BCUT2D eigenvalue weighted by molar-refractivity contribution is 0.581. The summed E-state index contributed by atoms with van der Waals surface area (Å²) in [6, 6.07) is 13.3. The summed E-state index contributed by atoms with van der Waals surface area (Å²) in [7, 11) is -3.49. The molecule has 1 heterocycles. The number of rotatable bonds is 5. The maximum atomic E-state index is 12.5. The van der Waals surface area contributed by atoms with Crippen LogP contribution >= 0.6 is 12.4 Å². The quantitative estimate of drug-likeness (QED) is 0.853. The highest BCUT2D eigenvalue weighted by molar-refractivity contribution is 7.89. The largest absolute Gasteiger partial charge is 0.309 e. The predicted octanol–water partition coefficient (Wildman–Crippen LogP) is 3.31. The Morgan fingerprint density at radius 3 is 2.58 bits per heavy atom. The second-order valence-electron chi connectivity index (χ2n) is 6.26. The minimum absolute atomic E-state index is 0. The molecule has 0 saturated heterocycles. The zero-order valence-electron chi connectivity index (χ0n) is 13.9. The van der Waals surface area contributed by atoms with E-state index < -0.39 is 10.0 Å². The smallest absolute Gasteiger partial charge is 0.240 e. The Labute approximate surface area is 150 Å². The Bertz CT molecular complexity index is 820. The first-order chi connectivity index (χ1) is 11.0. The van der Waals surface area contributed by atoms with E-state index in [1.165, 1.54) is 11.1 Å². The summed E-state index contributed by atoms with van der Waals surface area (Å²) in [5.74, 6) is 0.300. The van der Waals surface area contributed by atoms with Crippen LogP contribution in [0.3, 0.4) is 0 Å². The van der Waals surface area contributed by atoms with Crippen LogP contribution in [0.2, 0.25) is 0 Å². The van der Waals surface area contributed by atoms with Gasteiger partial charge in [0.1, 0.15) is 0 Å². The minimum atomic E-state index is -3.49. The summed E-state index contributed by atoms with van der Waals surface area (Å²) in [4.78, 5) is 0.325. The lowest BCUT2D eigenvalue weighted by Crippen LogP contribution is -2.23. The Morgan fingerprint density at radius 2 is 1.83 bits per heavy atom. The van der Waals surface area contributed by atoms with E-state index in [4.69, 9.17) is 0 Å². The third-order valence-corrected chi connectivity index (χ3v) is 5.60. The van der Waals surface area contributed by atoms with Gasteiger partial charge in [0.25, 0.3) is 0 Å². The standard InChI is InChI=1S/C18H22N2O2S.ClH/c1-13(2)15-4-3-5-18(9-15)23(21,22)20-10-14-6-7-16-11-19-12-17(16)8-14;/h3-9,13,19-20H,10-12H2,1-2H3;1H. The van der Waals surface area contributed by atoms with E-state index in [1.54, 1.807) is 18.2 Å². The highest BCUT2D eigenvalue weighted by Gasteiger charge is 2.16. The number of nitrogens with one attached hydrogen (secondary N) is 2. The van der Waals surface area contributed by atoms with Gasteiger partial charge in [0.15, 0.2) is 0 Å². The van der Waals surface area contributed by atoms with E-state index >= 15 is 0 Å². The molecule has 6 heteroatoms. The van der Waals surface area contributed by atoms with Gasteiger partial charge in [-0.1, -0.05) is 44.2 Å². The van der Waals surface area contributed by atoms with Gasteiger partial charge in [-0.05, 0) is 40.3 Å². The van der Waals surface area contributed by atoms with Crippen molar-refractivity contribution < 1.29 is 8.42 Å². The first kappa shape index (κ1) is 18.9. The van der Waals surface area contributed by atoms with Crippen molar-refractivity contribution in [2.45, 2.75) is 44.3 Å². The summed E-state index contributed by atoms with van der Waals surface area (Å²) in [5, 5.41) is 3.29. The lowest BCUT2D eigenvalue weighted by Gasteiger charge is -2.11. The maximum absolute atomic E-state index is 12.5. The molecule has 0 atom stereocenters. The van der Waals surface area contributed by atoms with Gasteiger partial charge in [0.05, 0.1) is 4.90 Å². The molecule has 2 aromatic carbocycles. The summed E-state index contributed by atoms with van der Waals surface area (Å²) in [5.41, 5.74) is 4.55. The molecular weight excluding hydrogens is 344 g/mol. The molecular formula is C18H23ClN2O2S. The van der Waals surface area contributed by atoms with Gasteiger partial charge in [0, 0.05) is 19.6 Å². The second-order valence-corrected chi connectivity index (χ2v) is 8.03. The average Bonchev–Trinajstić information content (AvgIpc) is 3.01. The second kappa shape index (κ2) is 7.66. The van der Waals surface area contributed by atoms with Crippen molar-refractivity contribution in [3.8, 4) is 0 Å². The molecule has 3 rings (SSSR count). The van der Waals surface area contributed by atoms with Gasteiger partial charge < -0.3 is 5.32 Å². The van der Waals surface area contributed by atoms with E-state index in [-0.39, 0.29) is 12.4 Å². The van der Waals surface area contributed by atoms with Crippen LogP contribution in [0.5, 0.6) is 0 Å². The molecule has 0 unspecified atom stereocenters. The maximum Gasteiger partial charge on any atom is 0.240 e. The molecule has 0 amide bonds. The van der Waals surface area contributed by atoms with Crippen LogP contribution < -0.4 is 10.0 Å². The van der Waals surface area contributed by atoms with Crippen molar-refractivity contribution in [3.63, 3.8) is 0 Å². The number of sulfonamides is 1. The molecule has 1 aliphatic rings. The molecule has 130 valence electrons. The highest BCUT2D eigenvalue weighted by Crippen LogP contribution is 2.20. The molecule has 2 N–H and O–H groups in total. The zero-order chi connectivity index (χ0) is 16.4. The van der Waals surface area contributed by atoms with Gasteiger partial charge in [-0.3, -0.25) is 0 Å². The average molecular weight is 367 g/mol. The molecule has 2 aromatic rings. The van der Waals surface area contributed by atoms with Crippen LogP contribution in [0.1, 0.15) is 42.0 Å². The number of hydrogen-bond acceptors (Lipinski definition) is 3. The van der Waals surface area contributed by atoms with Crippen LogP contribution in [0, 0.1) is 0 Å². The summed E-state index contributed by atoms with van der Waals surface area (Å²) >= 11 is 0. The topological polar surface area (TPSA) is 58.2 Å². The van der Waals surface area contributed by atoms with Crippen molar-refractivity contribution in [2.24, 2.45) is 0 Å². The molecule has 1 aliphatic heterocycles. The molecule has 0 fully saturated rings. The third-order valence-electron chi connectivity index (χ3n) is 4.20. The fourth-order valence-corrected chi connectivity index (χ4v) is 3.83. The fraction of sp³-hybridized carbons (Fsp3) is 0.333. The van der Waals surface area contributed by atoms with Gasteiger partial charge in [-0.15, -0.1) is 12.4 Å². The van der Waals surface area contributed by atoms with Crippen molar-refractivity contribution in [3.05, 3.63) is 64.7 Å². The Balaban J connectivity index is 0.00000208. The van der Waals surface area contributed by atoms with Crippen LogP contribution in [-0.2, 0) is 29.7 Å². The molecule has 0 aromatic heterocycles. The first-order valence-electron chi connectivity index (χ1n) is 7.87. The molecule has 24 heavy (non-hydrogen) atoms.